The standard InChI is InChI=1S/C63H78N6O13S/c1-8-43(39-80-49(41-76-6)34-52-50(9-2)61(73)67-47(37-64-52)32-45-15-10-12-17-54(45)67)31-44(40-81-57-36-53-51(35-56(57)77-7)62(74)68-48(38-65-53)33-46-16-11-13-18-55(46)68)22-23-66(24-25-78-28-29-79-27-26-75-5)42-63(3,4)83-30-14-19-60(72)82-69-58(70)20-21-59(69)71/h9-13,15-18,22,31,34-36,38,47-48,64H,2,8,14,19-21,23-30,32-33,37,39-42H2,1,3-7H3/b43-31+,44-22+,49-34+/t47-,48+/m0/s1. The molecule has 2 atom stereocenters. The van der Waals surface area contributed by atoms with Gasteiger partial charge in [-0.15, -0.1) is 5.06 Å². The lowest BCUT2D eigenvalue weighted by Crippen LogP contribution is -2.40. The molecule has 0 aromatic heterocycles. The summed E-state index contributed by atoms with van der Waals surface area (Å²) in [4.78, 5) is 81.1. The monoisotopic (exact) mass is 1160 g/mol. The molecule has 8 rings (SSSR count). The van der Waals surface area contributed by atoms with Gasteiger partial charge in [0.1, 0.15) is 25.6 Å². The highest BCUT2D eigenvalue weighted by molar-refractivity contribution is 8.00. The molecule has 5 aliphatic rings. The fourth-order valence-electron chi connectivity index (χ4n) is 10.5. The van der Waals surface area contributed by atoms with Crippen LogP contribution in [0, 0.1) is 0 Å². The number of nitrogens with zero attached hydrogens (tertiary/aromatic N) is 5. The lowest BCUT2D eigenvalue weighted by molar-refractivity contribution is -0.197. The number of rotatable bonds is 32. The summed E-state index contributed by atoms with van der Waals surface area (Å²) in [6.45, 7) is 15.3. The lowest BCUT2D eigenvalue weighted by Gasteiger charge is -2.32. The van der Waals surface area contributed by atoms with Crippen LogP contribution in [0.15, 0.2) is 125 Å². The van der Waals surface area contributed by atoms with E-state index in [9.17, 15) is 24.0 Å². The van der Waals surface area contributed by atoms with Crippen molar-refractivity contribution in [1.82, 2.24) is 15.3 Å². The molecular formula is C63H78N6O13S. The molecule has 0 spiro atoms. The molecule has 83 heavy (non-hydrogen) atoms. The Bertz CT molecular complexity index is 2990. The number of amides is 4. The Kier molecular flexibility index (Phi) is 22.4. The van der Waals surface area contributed by atoms with Crippen LogP contribution in [0.4, 0.5) is 17.1 Å². The average Bonchev–Trinajstić information content (AvgIpc) is 3.62. The first-order chi connectivity index (χ1) is 40.2. The van der Waals surface area contributed by atoms with Gasteiger partial charge in [0.2, 0.25) is 0 Å². The second-order valence-corrected chi connectivity index (χ2v) is 23.0. The number of benzene rings is 3. The maximum atomic E-state index is 14.3. The number of hydrogen-bond donors (Lipinski definition) is 1. The van der Waals surface area contributed by atoms with Crippen LogP contribution in [-0.4, -0.2) is 169 Å². The fourth-order valence-corrected chi connectivity index (χ4v) is 11.6. The number of carbonyl (C=O) groups is 5. The molecule has 3 aromatic rings. The first kappa shape index (κ1) is 62.0. The maximum Gasteiger partial charge on any atom is 0.333 e. The normalized spacial score (nSPS) is 18.0. The number of anilines is 2. The number of ether oxygens (including phenoxy) is 7. The molecule has 0 aliphatic carbocycles. The third kappa shape index (κ3) is 16.2. The third-order valence-electron chi connectivity index (χ3n) is 14.7. The van der Waals surface area contributed by atoms with Crippen molar-refractivity contribution in [2.24, 2.45) is 4.99 Å². The molecule has 444 valence electrons. The number of para-hydroxylation sites is 2. The van der Waals surface area contributed by atoms with Gasteiger partial charge in [0.25, 0.3) is 23.6 Å². The van der Waals surface area contributed by atoms with Crippen molar-refractivity contribution in [3.63, 3.8) is 0 Å². The molecule has 1 N–H and O–H groups in total. The van der Waals surface area contributed by atoms with E-state index in [1.807, 2.05) is 59.7 Å². The largest absolute Gasteiger partial charge is 0.493 e. The van der Waals surface area contributed by atoms with Crippen LogP contribution in [0.25, 0.3) is 0 Å². The first-order valence-electron chi connectivity index (χ1n) is 28.3. The summed E-state index contributed by atoms with van der Waals surface area (Å²) in [7, 11) is 4.78. The summed E-state index contributed by atoms with van der Waals surface area (Å²) in [6, 6.07) is 19.1. The van der Waals surface area contributed by atoms with Crippen molar-refractivity contribution in [3.05, 3.63) is 136 Å². The topological polar surface area (TPSA) is 197 Å². The Hall–Kier alpha value is -7.07. The zero-order chi connectivity index (χ0) is 58.9. The van der Waals surface area contributed by atoms with Gasteiger partial charge in [0, 0.05) is 101 Å². The molecule has 20 heteroatoms. The number of thioether (sulfide) groups is 1. The highest BCUT2D eigenvalue weighted by Crippen LogP contribution is 2.41. The molecule has 0 radical (unpaired) electrons. The van der Waals surface area contributed by atoms with Crippen LogP contribution >= 0.6 is 11.8 Å². The summed E-state index contributed by atoms with van der Waals surface area (Å²) in [5, 5.41) is 4.10. The van der Waals surface area contributed by atoms with Gasteiger partial charge in [-0.1, -0.05) is 68.1 Å². The zero-order valence-electron chi connectivity index (χ0n) is 48.6. The van der Waals surface area contributed by atoms with Crippen molar-refractivity contribution < 1.29 is 62.0 Å². The van der Waals surface area contributed by atoms with Gasteiger partial charge in [-0.25, -0.2) is 4.79 Å². The minimum atomic E-state index is -0.622. The third-order valence-corrected chi connectivity index (χ3v) is 16.1. The molecule has 0 bridgehead atoms. The van der Waals surface area contributed by atoms with Gasteiger partial charge in [-0.2, -0.15) is 11.8 Å². The number of allylic oxidation sites excluding steroid dienone is 1. The van der Waals surface area contributed by atoms with Gasteiger partial charge in [0.15, 0.2) is 11.5 Å². The maximum absolute atomic E-state index is 14.3. The van der Waals surface area contributed by atoms with Gasteiger partial charge < -0.3 is 48.2 Å². The summed E-state index contributed by atoms with van der Waals surface area (Å²) in [6.07, 6.45) is 12.1. The number of fused-ring (bicyclic) bond motifs is 7. The van der Waals surface area contributed by atoms with Gasteiger partial charge in [0.05, 0.1) is 74.7 Å². The van der Waals surface area contributed by atoms with Gasteiger partial charge >= 0.3 is 5.97 Å². The molecule has 1 saturated heterocycles. The zero-order valence-corrected chi connectivity index (χ0v) is 49.4. The van der Waals surface area contributed by atoms with E-state index in [0.29, 0.717) is 129 Å². The van der Waals surface area contributed by atoms with E-state index in [1.54, 1.807) is 56.2 Å². The van der Waals surface area contributed by atoms with E-state index in [1.165, 1.54) is 0 Å². The van der Waals surface area contributed by atoms with Gasteiger partial charge in [-0.3, -0.25) is 34.0 Å². The molecule has 0 unspecified atom stereocenters. The van der Waals surface area contributed by atoms with E-state index in [4.69, 9.17) is 43.0 Å². The molecule has 5 aliphatic heterocycles. The van der Waals surface area contributed by atoms with E-state index in [-0.39, 0.29) is 67.7 Å². The molecular weight excluding hydrogens is 1080 g/mol. The van der Waals surface area contributed by atoms with Crippen LogP contribution in [0.5, 0.6) is 11.5 Å². The number of hydroxylamine groups is 2. The Morgan fingerprint density at radius 1 is 0.855 bits per heavy atom. The minimum absolute atomic E-state index is 0.0363. The van der Waals surface area contributed by atoms with Gasteiger partial charge in [-0.05, 0) is 79.3 Å². The summed E-state index contributed by atoms with van der Waals surface area (Å²) in [5.41, 5.74) is 7.71. The highest BCUT2D eigenvalue weighted by Gasteiger charge is 2.39. The number of imide groups is 1. The minimum Gasteiger partial charge on any atom is -0.493 e. The quantitative estimate of drug-likeness (QED) is 0.0273. The Morgan fingerprint density at radius 3 is 2.28 bits per heavy atom. The summed E-state index contributed by atoms with van der Waals surface area (Å²) >= 11 is 1.71. The van der Waals surface area contributed by atoms with E-state index >= 15 is 0 Å². The van der Waals surface area contributed by atoms with Crippen LogP contribution < -0.4 is 24.6 Å². The molecule has 19 nitrogen and oxygen atoms in total. The number of aliphatic imine (C=N–C) groups is 1. The smallest absolute Gasteiger partial charge is 0.333 e. The van der Waals surface area contributed by atoms with Crippen molar-refractivity contribution in [2.45, 2.75) is 82.5 Å². The lowest BCUT2D eigenvalue weighted by atomic mass is 10.1. The average molecular weight is 1160 g/mol. The van der Waals surface area contributed by atoms with Crippen LogP contribution in [0.1, 0.15) is 74.4 Å². The van der Waals surface area contributed by atoms with Crippen molar-refractivity contribution in [1.29, 1.82) is 0 Å². The molecule has 4 amide bonds. The molecule has 1 fully saturated rings. The second-order valence-electron chi connectivity index (χ2n) is 21.2. The molecule has 0 saturated carbocycles. The SMILES string of the molecule is C=CC1=C(/C=C(\COC)OC/C(=C/C(=C\CN(CCOCCOCCOC)CC(C)(C)SCCCC(=O)ON2C(=O)CCC2=O)COc2cc3c(cc2OC)C(=O)N2c4ccccc4C[C@@H]2C=N3)CC)NC[C@@H]2Cc3ccccc3N2C1=O. The summed E-state index contributed by atoms with van der Waals surface area (Å²) in [5.74, 6) is 0.00231. The Balaban J connectivity index is 1.04. The highest BCUT2D eigenvalue weighted by atomic mass is 32.2. The summed E-state index contributed by atoms with van der Waals surface area (Å²) < 4.78 is 41.4. The van der Waals surface area contributed by atoms with Crippen molar-refractivity contribution in [2.75, 3.05) is 116 Å². The fraction of sp³-hybridized carbons (Fsp3) is 0.460. The Labute approximate surface area is 491 Å². The second kappa shape index (κ2) is 30.0. The van der Waals surface area contributed by atoms with E-state index < -0.39 is 17.8 Å². The Morgan fingerprint density at radius 2 is 1.57 bits per heavy atom. The van der Waals surface area contributed by atoms with E-state index in [2.05, 4.69) is 55.8 Å². The first-order valence-corrected chi connectivity index (χ1v) is 29.3. The van der Waals surface area contributed by atoms with Crippen LogP contribution in [-0.2, 0) is 60.5 Å². The molecule has 3 aromatic carbocycles. The van der Waals surface area contributed by atoms with Crippen LogP contribution in [0.3, 0.4) is 0 Å². The number of hydrogen-bond acceptors (Lipinski definition) is 17. The predicted molar refractivity (Wildman–Crippen MR) is 319 cm³/mol. The number of nitrogens with one attached hydrogen (secondary N) is 1. The van der Waals surface area contributed by atoms with Crippen molar-refractivity contribution in [3.8, 4) is 11.5 Å². The van der Waals surface area contributed by atoms with E-state index in [0.717, 1.165) is 40.1 Å². The molecule has 5 heterocycles. The number of carbonyl (C=O) groups excluding carboxylic acids is 5. The number of methoxy groups -OCH3 is 3. The van der Waals surface area contributed by atoms with Crippen molar-refractivity contribution >= 4 is 64.6 Å². The predicted octanol–water partition coefficient (Wildman–Crippen LogP) is 8.05. The van der Waals surface area contributed by atoms with Crippen LogP contribution in [0.2, 0.25) is 0 Å².